The molecule has 2 aromatic carbocycles. The third-order valence-electron chi connectivity index (χ3n) is 4.11. The molecule has 1 aromatic heterocycles. The molecule has 0 unspecified atom stereocenters. The molecule has 3 aromatic rings. The number of anilines is 3. The van der Waals surface area contributed by atoms with Gasteiger partial charge >= 0.3 is 0 Å². The van der Waals surface area contributed by atoms with Crippen LogP contribution < -0.4 is 10.6 Å². The van der Waals surface area contributed by atoms with Crippen molar-refractivity contribution >= 4 is 23.0 Å². The largest absolute Gasteiger partial charge is 0.354 e. The van der Waals surface area contributed by atoms with E-state index in [4.69, 9.17) is 0 Å². The first-order valence-corrected chi connectivity index (χ1v) is 8.18. The topological polar surface area (TPSA) is 54.0 Å². The highest BCUT2D eigenvalue weighted by molar-refractivity contribution is 6.04. The van der Waals surface area contributed by atoms with E-state index in [1.54, 1.807) is 18.5 Å². The van der Waals surface area contributed by atoms with Crippen molar-refractivity contribution in [2.75, 3.05) is 10.6 Å². The van der Waals surface area contributed by atoms with Gasteiger partial charge in [0.25, 0.3) is 5.91 Å². The maximum Gasteiger partial charge on any atom is 0.257 e. The van der Waals surface area contributed by atoms with Crippen LogP contribution in [0.3, 0.4) is 0 Å². The lowest BCUT2D eigenvalue weighted by molar-refractivity contribution is 0.102. The van der Waals surface area contributed by atoms with Crippen molar-refractivity contribution in [3.05, 3.63) is 83.2 Å². The number of aromatic nitrogens is 1. The minimum absolute atomic E-state index is 0.180. The average molecular weight is 331 g/mol. The number of hydrogen-bond acceptors (Lipinski definition) is 3. The number of rotatable bonds is 4. The molecular weight excluding hydrogens is 310 g/mol. The quantitative estimate of drug-likeness (QED) is 0.707. The smallest absolute Gasteiger partial charge is 0.257 e. The highest BCUT2D eigenvalue weighted by Gasteiger charge is 2.08. The minimum Gasteiger partial charge on any atom is -0.354 e. The Kier molecular flexibility index (Phi) is 4.80. The van der Waals surface area contributed by atoms with Crippen LogP contribution >= 0.6 is 0 Å². The molecule has 1 heterocycles. The van der Waals surface area contributed by atoms with Gasteiger partial charge in [-0.05, 0) is 62.2 Å². The number of carbonyl (C=O) groups is 1. The second-order valence-electron chi connectivity index (χ2n) is 6.21. The van der Waals surface area contributed by atoms with E-state index in [-0.39, 0.29) is 5.91 Å². The van der Waals surface area contributed by atoms with Crippen LogP contribution in [-0.2, 0) is 0 Å². The van der Waals surface area contributed by atoms with Crippen LogP contribution in [0.25, 0.3) is 0 Å². The number of carbonyl (C=O) groups excluding carboxylic acids is 1. The van der Waals surface area contributed by atoms with Gasteiger partial charge in [-0.25, -0.2) is 0 Å². The molecular formula is C21H21N3O. The van der Waals surface area contributed by atoms with Crippen molar-refractivity contribution in [3.63, 3.8) is 0 Å². The third kappa shape index (κ3) is 4.23. The summed E-state index contributed by atoms with van der Waals surface area (Å²) < 4.78 is 0. The van der Waals surface area contributed by atoms with Crippen LogP contribution in [0.15, 0.2) is 60.9 Å². The number of benzene rings is 2. The fourth-order valence-corrected chi connectivity index (χ4v) is 2.46. The second kappa shape index (κ2) is 7.18. The highest BCUT2D eigenvalue weighted by atomic mass is 16.1. The molecule has 0 saturated heterocycles. The molecule has 0 saturated carbocycles. The number of pyridine rings is 1. The van der Waals surface area contributed by atoms with Gasteiger partial charge < -0.3 is 10.6 Å². The lowest BCUT2D eigenvalue weighted by atomic mass is 10.1. The summed E-state index contributed by atoms with van der Waals surface area (Å²) in [4.78, 5) is 16.6. The summed E-state index contributed by atoms with van der Waals surface area (Å²) in [5.74, 6) is -0.180. The molecule has 3 rings (SSSR count). The van der Waals surface area contributed by atoms with Gasteiger partial charge in [0.2, 0.25) is 0 Å². The molecule has 0 aliphatic heterocycles. The van der Waals surface area contributed by atoms with Crippen LogP contribution in [-0.4, -0.2) is 10.9 Å². The Balaban J connectivity index is 1.75. The SMILES string of the molecule is Cc1ccc(NC(=O)c2cncc(Nc3ccc(C)c(C)c3)c2)cc1. The Morgan fingerprint density at radius 1 is 0.800 bits per heavy atom. The summed E-state index contributed by atoms with van der Waals surface area (Å²) in [7, 11) is 0. The van der Waals surface area contributed by atoms with Crippen molar-refractivity contribution in [1.29, 1.82) is 0 Å². The van der Waals surface area contributed by atoms with Crippen molar-refractivity contribution < 1.29 is 4.79 Å². The summed E-state index contributed by atoms with van der Waals surface area (Å²) in [5, 5.41) is 6.18. The minimum atomic E-state index is -0.180. The van der Waals surface area contributed by atoms with Gasteiger partial charge in [0.1, 0.15) is 0 Å². The van der Waals surface area contributed by atoms with Gasteiger partial charge in [-0.2, -0.15) is 0 Å². The molecule has 0 spiro atoms. The number of nitrogens with one attached hydrogen (secondary N) is 2. The Morgan fingerprint density at radius 2 is 1.52 bits per heavy atom. The summed E-state index contributed by atoms with van der Waals surface area (Å²) in [5.41, 5.74) is 6.64. The van der Waals surface area contributed by atoms with E-state index >= 15 is 0 Å². The van der Waals surface area contributed by atoms with Gasteiger partial charge in [-0.3, -0.25) is 9.78 Å². The first-order valence-electron chi connectivity index (χ1n) is 8.18. The molecule has 0 radical (unpaired) electrons. The molecule has 0 bridgehead atoms. The highest BCUT2D eigenvalue weighted by Crippen LogP contribution is 2.20. The van der Waals surface area contributed by atoms with Gasteiger partial charge in [-0.1, -0.05) is 23.8 Å². The van der Waals surface area contributed by atoms with Gasteiger partial charge in [0.05, 0.1) is 17.4 Å². The van der Waals surface area contributed by atoms with Crippen LogP contribution in [0.4, 0.5) is 17.1 Å². The monoisotopic (exact) mass is 331 g/mol. The van der Waals surface area contributed by atoms with E-state index in [9.17, 15) is 4.79 Å². The van der Waals surface area contributed by atoms with Crippen molar-refractivity contribution in [2.45, 2.75) is 20.8 Å². The van der Waals surface area contributed by atoms with E-state index in [1.807, 2.05) is 37.3 Å². The number of nitrogens with zero attached hydrogens (tertiary/aromatic N) is 1. The molecule has 0 fully saturated rings. The molecule has 4 nitrogen and oxygen atoms in total. The zero-order chi connectivity index (χ0) is 17.8. The van der Waals surface area contributed by atoms with E-state index in [1.165, 1.54) is 11.1 Å². The first kappa shape index (κ1) is 16.7. The van der Waals surface area contributed by atoms with Crippen molar-refractivity contribution in [1.82, 2.24) is 4.98 Å². The number of amides is 1. The molecule has 0 atom stereocenters. The lowest BCUT2D eigenvalue weighted by Gasteiger charge is -2.10. The Hall–Kier alpha value is -3.14. The molecule has 1 amide bonds. The molecule has 25 heavy (non-hydrogen) atoms. The van der Waals surface area contributed by atoms with E-state index in [2.05, 4.69) is 41.6 Å². The summed E-state index contributed by atoms with van der Waals surface area (Å²) in [6, 6.07) is 15.7. The van der Waals surface area contributed by atoms with Gasteiger partial charge in [0, 0.05) is 17.6 Å². The number of hydrogen-bond donors (Lipinski definition) is 2. The van der Waals surface area contributed by atoms with E-state index in [0.29, 0.717) is 5.56 Å². The maximum atomic E-state index is 12.4. The predicted octanol–water partition coefficient (Wildman–Crippen LogP) is 5.00. The molecule has 0 aliphatic carbocycles. The normalized spacial score (nSPS) is 10.4. The first-order chi connectivity index (χ1) is 12.0. The van der Waals surface area contributed by atoms with Crippen LogP contribution in [0.5, 0.6) is 0 Å². The van der Waals surface area contributed by atoms with Gasteiger partial charge in [0.15, 0.2) is 0 Å². The van der Waals surface area contributed by atoms with Crippen molar-refractivity contribution in [2.24, 2.45) is 0 Å². The van der Waals surface area contributed by atoms with E-state index in [0.717, 1.165) is 22.6 Å². The van der Waals surface area contributed by atoms with E-state index < -0.39 is 0 Å². The Morgan fingerprint density at radius 3 is 2.24 bits per heavy atom. The third-order valence-corrected chi connectivity index (χ3v) is 4.11. The zero-order valence-electron chi connectivity index (χ0n) is 14.6. The molecule has 0 aliphatic rings. The summed E-state index contributed by atoms with van der Waals surface area (Å²) in [6.07, 6.45) is 3.27. The summed E-state index contributed by atoms with van der Waals surface area (Å²) >= 11 is 0. The average Bonchev–Trinajstić information content (AvgIpc) is 2.60. The molecule has 2 N–H and O–H groups in total. The van der Waals surface area contributed by atoms with Crippen LogP contribution in [0.1, 0.15) is 27.0 Å². The zero-order valence-corrected chi connectivity index (χ0v) is 14.6. The Labute approximate surface area is 147 Å². The Bertz CT molecular complexity index is 901. The predicted molar refractivity (Wildman–Crippen MR) is 103 cm³/mol. The van der Waals surface area contributed by atoms with Crippen LogP contribution in [0, 0.1) is 20.8 Å². The van der Waals surface area contributed by atoms with Crippen molar-refractivity contribution in [3.8, 4) is 0 Å². The second-order valence-corrected chi connectivity index (χ2v) is 6.21. The fourth-order valence-electron chi connectivity index (χ4n) is 2.46. The lowest BCUT2D eigenvalue weighted by Crippen LogP contribution is -2.12. The maximum absolute atomic E-state index is 12.4. The summed E-state index contributed by atoms with van der Waals surface area (Å²) in [6.45, 7) is 6.17. The standard InChI is InChI=1S/C21H21N3O/c1-14-4-7-18(8-5-14)24-21(25)17-11-20(13-22-12-17)23-19-9-6-15(2)16(3)10-19/h4-13,23H,1-3H3,(H,24,25). The molecule has 126 valence electrons. The van der Waals surface area contributed by atoms with Gasteiger partial charge in [-0.15, -0.1) is 0 Å². The number of aryl methyl sites for hydroxylation is 3. The fraction of sp³-hybridized carbons (Fsp3) is 0.143. The molecule has 4 heteroatoms. The van der Waals surface area contributed by atoms with Crippen LogP contribution in [0.2, 0.25) is 0 Å².